The van der Waals surface area contributed by atoms with Crippen LogP contribution in [0.25, 0.3) is 0 Å². The third kappa shape index (κ3) is 3.64. The van der Waals surface area contributed by atoms with Crippen molar-refractivity contribution in [2.45, 2.75) is 39.2 Å². The highest BCUT2D eigenvalue weighted by molar-refractivity contribution is 5.51. The first-order valence-corrected chi connectivity index (χ1v) is 8.51. The van der Waals surface area contributed by atoms with E-state index in [9.17, 15) is 0 Å². The summed E-state index contributed by atoms with van der Waals surface area (Å²) in [5, 5.41) is 11.2. The highest BCUT2D eigenvalue weighted by Crippen LogP contribution is 2.27. The molecule has 2 aromatic rings. The van der Waals surface area contributed by atoms with Gasteiger partial charge in [0.25, 0.3) is 0 Å². The molecule has 0 unspecified atom stereocenters. The molecule has 24 heavy (non-hydrogen) atoms. The zero-order valence-corrected chi connectivity index (χ0v) is 14.6. The van der Waals surface area contributed by atoms with Gasteiger partial charge in [0.05, 0.1) is 11.7 Å². The summed E-state index contributed by atoms with van der Waals surface area (Å²) >= 11 is 0. The van der Waals surface area contributed by atoms with Crippen LogP contribution in [0.1, 0.15) is 43.4 Å². The first-order valence-electron chi connectivity index (χ1n) is 8.51. The van der Waals surface area contributed by atoms with Crippen molar-refractivity contribution in [3.05, 3.63) is 23.4 Å². The monoisotopic (exact) mass is 330 g/mol. The molecule has 0 bridgehead atoms. The summed E-state index contributed by atoms with van der Waals surface area (Å²) in [6, 6.07) is 0.0344. The maximum atomic E-state index is 5.94. The fourth-order valence-electron chi connectivity index (χ4n) is 3.17. The number of aryl methyl sites for hydroxylation is 1. The Morgan fingerprint density at radius 1 is 1.29 bits per heavy atom. The zero-order valence-electron chi connectivity index (χ0n) is 14.6. The molecule has 0 aromatic carbocycles. The quantitative estimate of drug-likeness (QED) is 0.753. The topological polar surface area (TPSA) is 107 Å². The van der Waals surface area contributed by atoms with Crippen LogP contribution in [0.4, 0.5) is 11.8 Å². The number of aromatic nitrogens is 5. The van der Waals surface area contributed by atoms with Gasteiger partial charge in [-0.3, -0.25) is 4.68 Å². The normalized spacial score (nSPS) is 15.8. The fourth-order valence-corrected chi connectivity index (χ4v) is 3.17. The maximum Gasteiger partial charge on any atom is 0.222 e. The molecule has 0 saturated carbocycles. The van der Waals surface area contributed by atoms with Crippen molar-refractivity contribution < 1.29 is 0 Å². The van der Waals surface area contributed by atoms with Crippen LogP contribution in [0.15, 0.2) is 6.33 Å². The highest BCUT2D eigenvalue weighted by atomic mass is 15.3. The maximum absolute atomic E-state index is 5.94. The van der Waals surface area contributed by atoms with E-state index in [-0.39, 0.29) is 6.04 Å². The molecule has 0 radical (unpaired) electrons. The molecule has 8 nitrogen and oxygen atoms in total. The summed E-state index contributed by atoms with van der Waals surface area (Å²) in [5.74, 6) is 2.56. The second kappa shape index (κ2) is 7.12. The minimum atomic E-state index is 0.0344. The van der Waals surface area contributed by atoms with Gasteiger partial charge in [-0.15, -0.1) is 0 Å². The first kappa shape index (κ1) is 16.6. The molecule has 1 atom stereocenters. The van der Waals surface area contributed by atoms with E-state index in [1.165, 1.54) is 0 Å². The Morgan fingerprint density at radius 3 is 2.79 bits per heavy atom. The number of nitrogens with one attached hydrogen (secondary N) is 2. The lowest BCUT2D eigenvalue weighted by Crippen LogP contribution is -2.21. The number of nitrogens with zero attached hydrogens (tertiary/aromatic N) is 5. The van der Waals surface area contributed by atoms with Crippen LogP contribution < -0.4 is 16.4 Å². The van der Waals surface area contributed by atoms with Crippen molar-refractivity contribution in [2.75, 3.05) is 24.1 Å². The summed E-state index contributed by atoms with van der Waals surface area (Å²) in [7, 11) is 1.91. The Morgan fingerprint density at radius 2 is 2.08 bits per heavy atom. The molecule has 130 valence electrons. The standard InChI is InChI=1S/C16H26N8/c1-10(2)8-13(15-19-9-20-24(15)3)21-14-11-4-6-18-7-5-12(11)22-16(17)23-14/h9-10,13,18H,4-8H2,1-3H3,(H3,17,21,22,23)/t13-/m1/s1. The third-order valence-corrected chi connectivity index (χ3v) is 4.28. The van der Waals surface area contributed by atoms with Crippen LogP contribution in [-0.4, -0.2) is 37.8 Å². The third-order valence-electron chi connectivity index (χ3n) is 4.28. The van der Waals surface area contributed by atoms with Crippen LogP contribution in [-0.2, 0) is 19.9 Å². The molecule has 0 fully saturated rings. The summed E-state index contributed by atoms with van der Waals surface area (Å²) in [6.45, 7) is 6.24. The molecule has 8 heteroatoms. The Labute approximate surface area is 142 Å². The van der Waals surface area contributed by atoms with E-state index in [0.29, 0.717) is 11.9 Å². The van der Waals surface area contributed by atoms with Crippen molar-refractivity contribution in [3.8, 4) is 0 Å². The fraction of sp³-hybridized carbons (Fsp3) is 0.625. The Hall–Kier alpha value is -2.22. The van der Waals surface area contributed by atoms with Crippen molar-refractivity contribution >= 4 is 11.8 Å². The number of nitrogens with two attached hydrogens (primary N) is 1. The van der Waals surface area contributed by atoms with E-state index in [1.807, 2.05) is 11.7 Å². The van der Waals surface area contributed by atoms with Crippen molar-refractivity contribution in [1.82, 2.24) is 30.0 Å². The molecule has 0 aliphatic carbocycles. The number of fused-ring (bicyclic) bond motifs is 1. The molecular formula is C16H26N8. The first-order chi connectivity index (χ1) is 11.5. The van der Waals surface area contributed by atoms with Gasteiger partial charge >= 0.3 is 0 Å². The van der Waals surface area contributed by atoms with Crippen molar-refractivity contribution in [2.24, 2.45) is 13.0 Å². The molecule has 4 N–H and O–H groups in total. The second-order valence-electron chi connectivity index (χ2n) is 6.67. The van der Waals surface area contributed by atoms with E-state index in [4.69, 9.17) is 5.73 Å². The van der Waals surface area contributed by atoms with E-state index in [1.54, 1.807) is 6.33 Å². The second-order valence-corrected chi connectivity index (χ2v) is 6.67. The predicted octanol–water partition coefficient (Wildman–Crippen LogP) is 1.07. The van der Waals surface area contributed by atoms with Crippen LogP contribution >= 0.6 is 0 Å². The molecule has 1 aliphatic heterocycles. The summed E-state index contributed by atoms with van der Waals surface area (Å²) < 4.78 is 1.81. The van der Waals surface area contributed by atoms with Gasteiger partial charge in [-0.2, -0.15) is 10.1 Å². The predicted molar refractivity (Wildman–Crippen MR) is 93.5 cm³/mol. The van der Waals surface area contributed by atoms with Crippen LogP contribution in [0.2, 0.25) is 0 Å². The SMILES string of the molecule is CC(C)C[C@@H](Nc1nc(N)nc2c1CCNCC2)c1ncnn1C. The lowest BCUT2D eigenvalue weighted by atomic mass is 10.0. The largest absolute Gasteiger partial charge is 0.368 e. The number of nitrogen functional groups attached to an aromatic ring is 1. The smallest absolute Gasteiger partial charge is 0.222 e. The lowest BCUT2D eigenvalue weighted by molar-refractivity contribution is 0.497. The number of rotatable bonds is 5. The number of anilines is 2. The molecule has 2 aromatic heterocycles. The molecule has 0 saturated heterocycles. The number of hydrogen-bond acceptors (Lipinski definition) is 7. The summed E-state index contributed by atoms with van der Waals surface area (Å²) in [5.41, 5.74) is 8.14. The van der Waals surface area contributed by atoms with Gasteiger partial charge in [-0.25, -0.2) is 9.97 Å². The van der Waals surface area contributed by atoms with Crippen LogP contribution in [0.5, 0.6) is 0 Å². The summed E-state index contributed by atoms with van der Waals surface area (Å²) in [4.78, 5) is 13.3. The molecule has 1 aliphatic rings. The highest BCUT2D eigenvalue weighted by Gasteiger charge is 2.22. The van der Waals surface area contributed by atoms with Gasteiger partial charge in [-0.05, 0) is 25.3 Å². The lowest BCUT2D eigenvalue weighted by Gasteiger charge is -2.22. The Balaban J connectivity index is 1.95. The van der Waals surface area contributed by atoms with Gasteiger partial charge in [0.2, 0.25) is 5.95 Å². The van der Waals surface area contributed by atoms with E-state index in [0.717, 1.165) is 55.3 Å². The average molecular weight is 330 g/mol. The van der Waals surface area contributed by atoms with E-state index >= 15 is 0 Å². The van der Waals surface area contributed by atoms with Gasteiger partial charge in [0, 0.05) is 25.6 Å². The van der Waals surface area contributed by atoms with Crippen molar-refractivity contribution in [1.29, 1.82) is 0 Å². The molecular weight excluding hydrogens is 304 g/mol. The Bertz CT molecular complexity index is 693. The van der Waals surface area contributed by atoms with Gasteiger partial charge in [-0.1, -0.05) is 13.8 Å². The Kier molecular flexibility index (Phi) is 4.94. The van der Waals surface area contributed by atoms with Gasteiger partial charge < -0.3 is 16.4 Å². The van der Waals surface area contributed by atoms with Crippen molar-refractivity contribution in [3.63, 3.8) is 0 Å². The molecule has 3 heterocycles. The minimum Gasteiger partial charge on any atom is -0.368 e. The minimum absolute atomic E-state index is 0.0344. The van der Waals surface area contributed by atoms with E-state index < -0.39 is 0 Å². The van der Waals surface area contributed by atoms with Crippen LogP contribution in [0.3, 0.4) is 0 Å². The average Bonchev–Trinajstić information content (AvgIpc) is 2.79. The van der Waals surface area contributed by atoms with Gasteiger partial charge in [0.15, 0.2) is 0 Å². The summed E-state index contributed by atoms with van der Waals surface area (Å²) in [6.07, 6.45) is 4.28. The van der Waals surface area contributed by atoms with Gasteiger partial charge in [0.1, 0.15) is 18.0 Å². The number of hydrogen-bond donors (Lipinski definition) is 3. The van der Waals surface area contributed by atoms with Crippen LogP contribution in [0, 0.1) is 5.92 Å². The molecule has 3 rings (SSSR count). The molecule has 0 spiro atoms. The molecule has 0 amide bonds. The zero-order chi connectivity index (χ0) is 17.1. The van der Waals surface area contributed by atoms with E-state index in [2.05, 4.69) is 44.5 Å².